The maximum atomic E-state index is 5.18. The van der Waals surface area contributed by atoms with Crippen molar-refractivity contribution in [3.63, 3.8) is 0 Å². The molecule has 1 aromatic heterocycles. The molecule has 0 N–H and O–H groups in total. The van der Waals surface area contributed by atoms with Crippen molar-refractivity contribution in [1.82, 2.24) is 4.98 Å². The molecule has 1 unspecified atom stereocenters. The molecular weight excluding hydrogens is 522 g/mol. The van der Waals surface area contributed by atoms with Crippen LogP contribution in [0.4, 0.5) is 0 Å². The van der Waals surface area contributed by atoms with E-state index in [1.165, 1.54) is 22.3 Å². The van der Waals surface area contributed by atoms with Gasteiger partial charge in [0.05, 0.1) is 0 Å². The Bertz CT molecular complexity index is 971. The SMILES string of the molecule is CC1=[C-]C(C)=C(C)C1.CCCc1cccnc1C(C)[S-].[CH2-]c1ccccc1.[CH2-]c1ccccc1.[Zr+4]. The Morgan fingerprint density at radius 3 is 1.69 bits per heavy atom. The fraction of sp³-hybridized carbons (Fsp3) is 0.281. The summed E-state index contributed by atoms with van der Waals surface area (Å²) in [6.45, 7) is 18.0. The topological polar surface area (TPSA) is 12.9 Å². The molecule has 0 fully saturated rings. The first-order chi connectivity index (χ1) is 16.2. The first kappa shape index (κ1) is 33.0. The molecule has 0 saturated carbocycles. The second kappa shape index (κ2) is 19.3. The van der Waals surface area contributed by atoms with E-state index in [2.05, 4.69) is 58.7 Å². The number of hydrogen-bond acceptors (Lipinski definition) is 2. The molecule has 4 rings (SSSR count). The molecule has 3 aromatic rings. The number of hydrogen-bond donors (Lipinski definition) is 0. The maximum Gasteiger partial charge on any atom is 4.00 e. The van der Waals surface area contributed by atoms with E-state index in [0.717, 1.165) is 36.1 Å². The van der Waals surface area contributed by atoms with E-state index in [9.17, 15) is 0 Å². The van der Waals surface area contributed by atoms with Crippen molar-refractivity contribution in [2.24, 2.45) is 0 Å². The fourth-order valence-electron chi connectivity index (χ4n) is 3.25. The largest absolute Gasteiger partial charge is 4.00 e. The van der Waals surface area contributed by atoms with Crippen LogP contribution in [0.5, 0.6) is 0 Å². The molecule has 0 amide bonds. The van der Waals surface area contributed by atoms with Gasteiger partial charge in [-0.15, -0.1) is 36.4 Å². The molecule has 1 aliphatic rings. The Hall–Kier alpha value is -1.96. The molecule has 1 atom stereocenters. The van der Waals surface area contributed by atoms with E-state index in [0.29, 0.717) is 0 Å². The summed E-state index contributed by atoms with van der Waals surface area (Å²) in [6.07, 6.45) is 8.47. The van der Waals surface area contributed by atoms with Crippen molar-refractivity contribution in [1.29, 1.82) is 0 Å². The zero-order valence-electron chi connectivity index (χ0n) is 22.0. The summed E-state index contributed by atoms with van der Waals surface area (Å²) in [5.74, 6) is 0. The summed E-state index contributed by atoms with van der Waals surface area (Å²) in [7, 11) is 0. The molecule has 0 radical (unpaired) electrons. The number of aromatic nitrogens is 1. The molecule has 1 nitrogen and oxygen atoms in total. The zero-order valence-corrected chi connectivity index (χ0v) is 25.2. The van der Waals surface area contributed by atoms with Crippen molar-refractivity contribution < 1.29 is 26.2 Å². The summed E-state index contributed by atoms with van der Waals surface area (Å²) in [5, 5.41) is 0.132. The van der Waals surface area contributed by atoms with Gasteiger partial charge in [-0.1, -0.05) is 58.7 Å². The van der Waals surface area contributed by atoms with E-state index < -0.39 is 0 Å². The molecule has 35 heavy (non-hydrogen) atoms. The van der Waals surface area contributed by atoms with Gasteiger partial charge in [0.2, 0.25) is 0 Å². The van der Waals surface area contributed by atoms with Gasteiger partial charge in [0.1, 0.15) is 0 Å². The predicted octanol–water partition coefficient (Wildman–Crippen LogP) is 8.85. The minimum absolute atomic E-state index is 0. The molecule has 3 heteroatoms. The normalized spacial score (nSPS) is 12.3. The van der Waals surface area contributed by atoms with Crippen LogP contribution >= 0.6 is 0 Å². The van der Waals surface area contributed by atoms with Gasteiger partial charge in [-0.3, -0.25) is 4.98 Å². The van der Waals surface area contributed by atoms with Crippen LogP contribution in [-0.4, -0.2) is 4.98 Å². The van der Waals surface area contributed by atoms with E-state index in [1.54, 1.807) is 0 Å². The Morgan fingerprint density at radius 1 is 0.886 bits per heavy atom. The molecule has 0 bridgehead atoms. The monoisotopic (exact) mass is 559 g/mol. The number of nitrogens with zero attached hydrogens (tertiary/aromatic N) is 1. The number of rotatable bonds is 3. The van der Waals surface area contributed by atoms with Crippen LogP contribution in [0.25, 0.3) is 0 Å². The van der Waals surface area contributed by atoms with Gasteiger partial charge in [-0.25, -0.2) is 17.2 Å². The molecule has 0 aliphatic heterocycles. The standard InChI is InChI=1S/C10H15NS.C8H11.2C7H7.Zr/c1-3-5-9-6-4-7-11-10(9)8(2)12;1-6-4-7(2)8(3)5-6;2*1-7-5-3-2-4-6-7;/h4,6-8,12H,3,5H2,1-2H3;4H2,1-3H3;2*2-6H,1H2;/q;3*-1;+4/p-1. The first-order valence-corrected chi connectivity index (χ1v) is 12.3. The molecule has 0 spiro atoms. The van der Waals surface area contributed by atoms with Gasteiger partial charge >= 0.3 is 26.2 Å². The second-order valence-electron chi connectivity index (χ2n) is 8.40. The van der Waals surface area contributed by atoms with E-state index >= 15 is 0 Å². The second-order valence-corrected chi connectivity index (χ2v) is 9.11. The Morgan fingerprint density at radius 2 is 1.40 bits per heavy atom. The average molecular weight is 561 g/mol. The van der Waals surface area contributed by atoms with Crippen LogP contribution in [0.15, 0.2) is 95.7 Å². The number of allylic oxidation sites excluding steroid dienone is 4. The summed E-state index contributed by atoms with van der Waals surface area (Å²) < 4.78 is 0. The maximum absolute atomic E-state index is 5.18. The average Bonchev–Trinajstić information content (AvgIpc) is 3.11. The van der Waals surface area contributed by atoms with E-state index in [4.69, 9.17) is 12.6 Å². The predicted molar refractivity (Wildman–Crippen MR) is 151 cm³/mol. The van der Waals surface area contributed by atoms with Gasteiger partial charge in [0, 0.05) is 11.9 Å². The van der Waals surface area contributed by atoms with E-state index in [1.807, 2.05) is 79.9 Å². The van der Waals surface area contributed by atoms with Crippen LogP contribution in [0.2, 0.25) is 0 Å². The van der Waals surface area contributed by atoms with Crippen LogP contribution in [0, 0.1) is 19.9 Å². The molecule has 182 valence electrons. The molecular formula is C32H39NSZr. The van der Waals surface area contributed by atoms with Gasteiger partial charge in [0.15, 0.2) is 0 Å². The summed E-state index contributed by atoms with van der Waals surface area (Å²) >= 11 is 5.18. The van der Waals surface area contributed by atoms with Crippen LogP contribution < -0.4 is 0 Å². The van der Waals surface area contributed by atoms with Gasteiger partial charge in [-0.2, -0.15) is 54.8 Å². The summed E-state index contributed by atoms with van der Waals surface area (Å²) in [5.41, 5.74) is 8.71. The van der Waals surface area contributed by atoms with Gasteiger partial charge < -0.3 is 12.6 Å². The third-order valence-electron chi connectivity index (χ3n) is 5.09. The van der Waals surface area contributed by atoms with Crippen molar-refractivity contribution in [2.45, 2.75) is 59.1 Å². The zero-order chi connectivity index (χ0) is 25.3. The van der Waals surface area contributed by atoms with E-state index in [-0.39, 0.29) is 31.5 Å². The third kappa shape index (κ3) is 14.9. The minimum Gasteiger partial charge on any atom is -0.783 e. The smallest absolute Gasteiger partial charge is 0.783 e. The van der Waals surface area contributed by atoms with Crippen LogP contribution in [0.3, 0.4) is 0 Å². The van der Waals surface area contributed by atoms with Crippen molar-refractivity contribution in [3.8, 4) is 0 Å². The van der Waals surface area contributed by atoms with Crippen molar-refractivity contribution in [3.05, 3.63) is 138 Å². The van der Waals surface area contributed by atoms with Crippen molar-refractivity contribution in [2.75, 3.05) is 0 Å². The van der Waals surface area contributed by atoms with Crippen LogP contribution in [0.1, 0.15) is 75.1 Å². The van der Waals surface area contributed by atoms with Gasteiger partial charge in [-0.05, 0) is 18.1 Å². The summed E-state index contributed by atoms with van der Waals surface area (Å²) in [4.78, 5) is 4.29. The third-order valence-corrected chi connectivity index (χ3v) is 5.31. The molecule has 1 aliphatic carbocycles. The number of aryl methyl sites for hydroxylation is 1. The molecule has 0 saturated heterocycles. The number of pyridine rings is 1. The van der Waals surface area contributed by atoms with Crippen LogP contribution in [-0.2, 0) is 45.3 Å². The Balaban J connectivity index is 0.000000448. The quantitative estimate of drug-likeness (QED) is 0.234. The summed E-state index contributed by atoms with van der Waals surface area (Å²) in [6, 6.07) is 23.8. The molecule has 2 aromatic carbocycles. The Kier molecular flexibility index (Phi) is 18.2. The first-order valence-electron chi connectivity index (χ1n) is 11.8. The molecule has 1 heterocycles. The minimum atomic E-state index is 0. The number of benzene rings is 2. The van der Waals surface area contributed by atoms with Crippen molar-refractivity contribution >= 4 is 12.6 Å². The fourth-order valence-corrected chi connectivity index (χ4v) is 3.47. The van der Waals surface area contributed by atoms with Gasteiger partial charge in [0.25, 0.3) is 0 Å². The Labute approximate surface area is 239 Å².